The molecule has 4 heterocycles. The zero-order chi connectivity index (χ0) is 20.5. The van der Waals surface area contributed by atoms with Gasteiger partial charge in [-0.25, -0.2) is 9.78 Å². The van der Waals surface area contributed by atoms with Crippen LogP contribution in [0, 0.1) is 12.3 Å². The maximum Gasteiger partial charge on any atom is 0.341 e. The number of aromatic nitrogens is 4. The van der Waals surface area contributed by atoms with Gasteiger partial charge < -0.3 is 9.30 Å². The standard InChI is InChI=1S/C21H19N5O3/c1-3-29-21(28)15-10-16-19(24-17-5-4-13(2)11-25(17)20(16)27)26(18(15)22)12-14-6-8-23-9-7-14/h4-11,22H,3,12H2,1-2H3. The second-order valence-corrected chi connectivity index (χ2v) is 6.66. The van der Waals surface area contributed by atoms with Gasteiger partial charge in [-0.05, 0) is 49.2 Å². The molecule has 0 radical (unpaired) electrons. The summed E-state index contributed by atoms with van der Waals surface area (Å²) < 4.78 is 8.10. The van der Waals surface area contributed by atoms with Crippen LogP contribution >= 0.6 is 0 Å². The number of hydrogen-bond donors (Lipinski definition) is 1. The summed E-state index contributed by atoms with van der Waals surface area (Å²) in [5.41, 5.74) is 2.26. The van der Waals surface area contributed by atoms with Gasteiger partial charge in [0.2, 0.25) is 0 Å². The van der Waals surface area contributed by atoms with Crippen molar-refractivity contribution < 1.29 is 9.53 Å². The molecule has 0 amide bonds. The summed E-state index contributed by atoms with van der Waals surface area (Å²) in [4.78, 5) is 34.3. The Labute approximate surface area is 165 Å². The zero-order valence-corrected chi connectivity index (χ0v) is 16.0. The molecule has 0 saturated heterocycles. The number of ether oxygens (including phenoxy) is 1. The highest BCUT2D eigenvalue weighted by Gasteiger charge is 2.18. The Morgan fingerprint density at radius 2 is 1.97 bits per heavy atom. The summed E-state index contributed by atoms with van der Waals surface area (Å²) in [6.07, 6.45) is 5.00. The number of nitrogens with zero attached hydrogens (tertiary/aromatic N) is 4. The molecule has 0 spiro atoms. The molecule has 1 N–H and O–H groups in total. The molecule has 4 aromatic heterocycles. The van der Waals surface area contributed by atoms with Crippen LogP contribution in [0.4, 0.5) is 0 Å². The van der Waals surface area contributed by atoms with E-state index in [4.69, 9.17) is 10.1 Å². The minimum atomic E-state index is -0.642. The van der Waals surface area contributed by atoms with Crippen LogP contribution in [0.2, 0.25) is 0 Å². The van der Waals surface area contributed by atoms with Crippen LogP contribution in [0.15, 0.2) is 53.7 Å². The van der Waals surface area contributed by atoms with E-state index in [1.807, 2.05) is 25.1 Å². The van der Waals surface area contributed by atoms with E-state index < -0.39 is 5.97 Å². The lowest BCUT2D eigenvalue weighted by molar-refractivity contribution is 0.0523. The minimum absolute atomic E-state index is 0.0277. The summed E-state index contributed by atoms with van der Waals surface area (Å²) in [5.74, 6) is -0.642. The van der Waals surface area contributed by atoms with E-state index in [2.05, 4.69) is 9.97 Å². The van der Waals surface area contributed by atoms with Gasteiger partial charge in [0.1, 0.15) is 22.3 Å². The van der Waals surface area contributed by atoms with Crippen LogP contribution in [0.1, 0.15) is 28.4 Å². The fraction of sp³-hybridized carbons (Fsp3) is 0.190. The highest BCUT2D eigenvalue weighted by molar-refractivity contribution is 5.93. The van der Waals surface area contributed by atoms with Gasteiger partial charge in [-0.3, -0.25) is 19.6 Å². The van der Waals surface area contributed by atoms with Crippen molar-refractivity contribution in [1.82, 2.24) is 18.9 Å². The normalized spacial score (nSPS) is 11.1. The Morgan fingerprint density at radius 1 is 1.21 bits per heavy atom. The molecule has 0 fully saturated rings. The first-order valence-electron chi connectivity index (χ1n) is 9.16. The quantitative estimate of drug-likeness (QED) is 0.425. The Bertz CT molecular complexity index is 1360. The Balaban J connectivity index is 2.09. The monoisotopic (exact) mass is 389 g/mol. The van der Waals surface area contributed by atoms with Crippen LogP contribution < -0.4 is 11.0 Å². The highest BCUT2D eigenvalue weighted by Crippen LogP contribution is 2.13. The third-order valence-corrected chi connectivity index (χ3v) is 4.64. The van der Waals surface area contributed by atoms with Crippen molar-refractivity contribution in [2.24, 2.45) is 0 Å². The van der Waals surface area contributed by atoms with E-state index in [1.165, 1.54) is 10.5 Å². The van der Waals surface area contributed by atoms with Gasteiger partial charge in [-0.2, -0.15) is 0 Å². The van der Waals surface area contributed by atoms with E-state index in [0.29, 0.717) is 11.3 Å². The molecule has 0 aliphatic rings. The summed E-state index contributed by atoms with van der Waals surface area (Å²) in [5, 5.41) is 8.85. The van der Waals surface area contributed by atoms with Crippen LogP contribution in [0.5, 0.6) is 0 Å². The lowest BCUT2D eigenvalue weighted by atomic mass is 10.2. The van der Waals surface area contributed by atoms with Gasteiger partial charge in [-0.1, -0.05) is 6.07 Å². The van der Waals surface area contributed by atoms with Crippen LogP contribution in [0.25, 0.3) is 16.7 Å². The predicted molar refractivity (Wildman–Crippen MR) is 107 cm³/mol. The number of esters is 1. The van der Waals surface area contributed by atoms with Gasteiger partial charge in [0.05, 0.1) is 18.5 Å². The third-order valence-electron chi connectivity index (χ3n) is 4.64. The van der Waals surface area contributed by atoms with Gasteiger partial charge in [0.15, 0.2) is 0 Å². The van der Waals surface area contributed by atoms with Crippen molar-refractivity contribution in [3.63, 3.8) is 0 Å². The maximum atomic E-state index is 13.2. The summed E-state index contributed by atoms with van der Waals surface area (Å²) in [6, 6.07) is 8.66. The van der Waals surface area contributed by atoms with E-state index in [1.54, 1.807) is 36.1 Å². The van der Waals surface area contributed by atoms with Gasteiger partial charge >= 0.3 is 5.97 Å². The van der Waals surface area contributed by atoms with E-state index in [0.717, 1.165) is 11.1 Å². The van der Waals surface area contributed by atoms with E-state index in [9.17, 15) is 9.59 Å². The SMILES string of the molecule is CCOC(=O)c1cc2c(=O)n3cc(C)ccc3nc2n(Cc2ccncc2)c1=N. The average Bonchev–Trinajstić information content (AvgIpc) is 2.72. The summed E-state index contributed by atoms with van der Waals surface area (Å²) in [7, 11) is 0. The molecule has 0 atom stereocenters. The lowest BCUT2D eigenvalue weighted by Crippen LogP contribution is -2.31. The smallest absolute Gasteiger partial charge is 0.341 e. The summed E-state index contributed by atoms with van der Waals surface area (Å²) >= 11 is 0. The first-order chi connectivity index (χ1) is 14.0. The number of rotatable bonds is 4. The molecule has 8 heteroatoms. The molecule has 4 rings (SSSR count). The Kier molecular flexibility index (Phi) is 4.67. The van der Waals surface area contributed by atoms with Crippen molar-refractivity contribution >= 4 is 22.6 Å². The number of carbonyl (C=O) groups excluding carboxylic acids is 1. The van der Waals surface area contributed by atoms with E-state index in [-0.39, 0.29) is 35.1 Å². The number of aryl methyl sites for hydroxylation is 1. The Hall–Kier alpha value is -3.81. The molecule has 146 valence electrons. The molecule has 0 aromatic carbocycles. The lowest BCUT2D eigenvalue weighted by Gasteiger charge is -2.14. The van der Waals surface area contributed by atoms with Gasteiger partial charge in [0, 0.05) is 18.6 Å². The molecule has 0 aliphatic carbocycles. The number of nitrogens with one attached hydrogen (secondary N) is 1. The topological polar surface area (TPSA) is 102 Å². The average molecular weight is 389 g/mol. The number of pyridine rings is 3. The van der Waals surface area contributed by atoms with Crippen molar-refractivity contribution in [3.8, 4) is 0 Å². The van der Waals surface area contributed by atoms with Crippen molar-refractivity contribution in [3.05, 3.63) is 81.5 Å². The number of carbonyl (C=O) groups is 1. The molecule has 0 unspecified atom stereocenters. The first-order valence-corrected chi connectivity index (χ1v) is 9.16. The molecule has 0 saturated carbocycles. The van der Waals surface area contributed by atoms with Crippen LogP contribution in [-0.2, 0) is 11.3 Å². The second kappa shape index (κ2) is 7.31. The van der Waals surface area contributed by atoms with Gasteiger partial charge in [0.25, 0.3) is 5.56 Å². The van der Waals surface area contributed by atoms with Crippen molar-refractivity contribution in [1.29, 1.82) is 5.41 Å². The molecular formula is C21H19N5O3. The maximum absolute atomic E-state index is 13.2. The molecule has 8 nitrogen and oxygen atoms in total. The number of fused-ring (bicyclic) bond motifs is 2. The van der Waals surface area contributed by atoms with Gasteiger partial charge in [-0.15, -0.1) is 0 Å². The zero-order valence-electron chi connectivity index (χ0n) is 16.0. The number of hydrogen-bond acceptors (Lipinski definition) is 6. The third kappa shape index (κ3) is 3.29. The predicted octanol–water partition coefficient (Wildman–Crippen LogP) is 2.06. The van der Waals surface area contributed by atoms with Crippen LogP contribution in [0.3, 0.4) is 0 Å². The van der Waals surface area contributed by atoms with Crippen LogP contribution in [-0.4, -0.2) is 31.5 Å². The molecule has 29 heavy (non-hydrogen) atoms. The molecule has 4 aromatic rings. The summed E-state index contributed by atoms with van der Waals surface area (Å²) in [6.45, 7) is 4.02. The largest absolute Gasteiger partial charge is 0.462 e. The molecular weight excluding hydrogens is 370 g/mol. The molecule has 0 bridgehead atoms. The Morgan fingerprint density at radius 3 is 2.69 bits per heavy atom. The highest BCUT2D eigenvalue weighted by atomic mass is 16.5. The minimum Gasteiger partial charge on any atom is -0.462 e. The molecule has 0 aliphatic heterocycles. The first kappa shape index (κ1) is 18.5. The van der Waals surface area contributed by atoms with Crippen molar-refractivity contribution in [2.75, 3.05) is 6.61 Å². The van der Waals surface area contributed by atoms with E-state index >= 15 is 0 Å². The fourth-order valence-electron chi connectivity index (χ4n) is 3.23. The fourth-order valence-corrected chi connectivity index (χ4v) is 3.23. The van der Waals surface area contributed by atoms with Crippen molar-refractivity contribution in [2.45, 2.75) is 20.4 Å². The second-order valence-electron chi connectivity index (χ2n) is 6.66.